The number of anilines is 1. The van der Waals surface area contributed by atoms with E-state index in [9.17, 15) is 14.0 Å². The lowest BCUT2D eigenvalue weighted by Crippen LogP contribution is -2.15. The maximum atomic E-state index is 14.6. The molecule has 0 aliphatic carbocycles. The first-order valence-corrected chi connectivity index (χ1v) is 8.44. The van der Waals surface area contributed by atoms with E-state index >= 15 is 0 Å². The Bertz CT molecular complexity index is 997. The highest BCUT2D eigenvalue weighted by Gasteiger charge is 2.17. The normalized spacial score (nSPS) is 10.3. The van der Waals surface area contributed by atoms with Gasteiger partial charge in [0.1, 0.15) is 11.6 Å². The summed E-state index contributed by atoms with van der Waals surface area (Å²) < 4.78 is 19.4. The minimum atomic E-state index is -0.666. The quantitative estimate of drug-likeness (QED) is 0.613. The zero-order valence-electron chi connectivity index (χ0n) is 14.3. The van der Waals surface area contributed by atoms with Crippen LogP contribution in [0.4, 0.5) is 10.1 Å². The van der Waals surface area contributed by atoms with Crippen LogP contribution >= 0.6 is 11.6 Å². The average molecular weight is 384 g/mol. The van der Waals surface area contributed by atoms with E-state index in [2.05, 4.69) is 5.32 Å². The molecule has 0 spiro atoms. The van der Waals surface area contributed by atoms with E-state index in [-0.39, 0.29) is 28.5 Å². The standard InChI is InChI=1S/C21H15ClFNO3/c1-13-5-4-6-14(9-13)15-10-17(22)20(18(23)11-15)24-21(26)16-7-2-3-8-19(16)27-12-25/h2-12H,1H3,(H,24,26). The highest BCUT2D eigenvalue weighted by molar-refractivity contribution is 6.34. The number of hydrogen-bond donors (Lipinski definition) is 1. The van der Waals surface area contributed by atoms with Crippen LogP contribution in [0.25, 0.3) is 11.1 Å². The van der Waals surface area contributed by atoms with Gasteiger partial charge in [-0.25, -0.2) is 4.39 Å². The molecule has 0 saturated heterocycles. The molecule has 0 heterocycles. The minimum Gasteiger partial charge on any atom is -0.428 e. The van der Waals surface area contributed by atoms with Gasteiger partial charge in [-0.05, 0) is 42.3 Å². The summed E-state index contributed by atoms with van der Waals surface area (Å²) in [6.45, 7) is 2.16. The van der Waals surface area contributed by atoms with Crippen molar-refractivity contribution in [1.82, 2.24) is 0 Å². The molecule has 0 radical (unpaired) electrons. The first-order valence-electron chi connectivity index (χ1n) is 8.06. The molecule has 3 aromatic rings. The van der Waals surface area contributed by atoms with Crippen molar-refractivity contribution in [3.05, 3.63) is 82.6 Å². The lowest BCUT2D eigenvalue weighted by atomic mass is 10.0. The maximum absolute atomic E-state index is 14.6. The summed E-state index contributed by atoms with van der Waals surface area (Å²) >= 11 is 6.21. The fourth-order valence-electron chi connectivity index (χ4n) is 2.67. The van der Waals surface area contributed by atoms with Crippen LogP contribution in [0.2, 0.25) is 5.02 Å². The predicted molar refractivity (Wildman–Crippen MR) is 103 cm³/mol. The first-order chi connectivity index (χ1) is 13.0. The summed E-state index contributed by atoms with van der Waals surface area (Å²) in [7, 11) is 0. The Morgan fingerprint density at radius 1 is 1.07 bits per heavy atom. The van der Waals surface area contributed by atoms with Gasteiger partial charge in [0.2, 0.25) is 0 Å². The summed E-state index contributed by atoms with van der Waals surface area (Å²) in [6.07, 6.45) is 0. The number of amides is 1. The molecular formula is C21H15ClFNO3. The number of nitrogens with one attached hydrogen (secondary N) is 1. The van der Waals surface area contributed by atoms with Gasteiger partial charge in [0, 0.05) is 0 Å². The molecule has 1 amide bonds. The summed E-state index contributed by atoms with van der Waals surface area (Å²) in [5.41, 5.74) is 2.40. The van der Waals surface area contributed by atoms with Crippen LogP contribution in [0.3, 0.4) is 0 Å². The van der Waals surface area contributed by atoms with Crippen LogP contribution in [-0.4, -0.2) is 12.4 Å². The van der Waals surface area contributed by atoms with Crippen molar-refractivity contribution >= 4 is 29.7 Å². The zero-order valence-corrected chi connectivity index (χ0v) is 15.1. The van der Waals surface area contributed by atoms with Crippen LogP contribution in [0.1, 0.15) is 15.9 Å². The maximum Gasteiger partial charge on any atom is 0.298 e. The molecule has 0 aromatic heterocycles. The molecule has 0 aliphatic rings. The summed E-state index contributed by atoms with van der Waals surface area (Å²) in [5, 5.41) is 2.51. The Morgan fingerprint density at radius 2 is 1.85 bits per heavy atom. The van der Waals surface area contributed by atoms with E-state index in [0.717, 1.165) is 11.1 Å². The van der Waals surface area contributed by atoms with Gasteiger partial charge in [-0.15, -0.1) is 0 Å². The second-order valence-corrected chi connectivity index (χ2v) is 6.26. The number of rotatable bonds is 5. The summed E-state index contributed by atoms with van der Waals surface area (Å²) in [6, 6.07) is 16.6. The van der Waals surface area contributed by atoms with Crippen molar-refractivity contribution in [2.75, 3.05) is 5.32 Å². The molecule has 4 nitrogen and oxygen atoms in total. The van der Waals surface area contributed by atoms with E-state index in [4.69, 9.17) is 16.3 Å². The van der Waals surface area contributed by atoms with E-state index in [0.29, 0.717) is 5.56 Å². The molecule has 0 bridgehead atoms. The lowest BCUT2D eigenvalue weighted by molar-refractivity contribution is -0.120. The molecule has 6 heteroatoms. The summed E-state index contributed by atoms with van der Waals surface area (Å²) in [5.74, 6) is -1.24. The smallest absolute Gasteiger partial charge is 0.298 e. The number of para-hydroxylation sites is 1. The molecule has 0 unspecified atom stereocenters. The number of halogens is 2. The van der Waals surface area contributed by atoms with Gasteiger partial charge in [-0.1, -0.05) is 53.6 Å². The van der Waals surface area contributed by atoms with Crippen LogP contribution in [0.15, 0.2) is 60.7 Å². The molecule has 0 saturated carbocycles. The fraction of sp³-hybridized carbons (Fsp3) is 0.0476. The average Bonchev–Trinajstić information content (AvgIpc) is 2.65. The lowest BCUT2D eigenvalue weighted by Gasteiger charge is -2.12. The van der Waals surface area contributed by atoms with Crippen molar-refractivity contribution in [1.29, 1.82) is 0 Å². The SMILES string of the molecule is Cc1cccc(-c2cc(F)c(NC(=O)c3ccccc3OC=O)c(Cl)c2)c1. The van der Waals surface area contributed by atoms with Crippen molar-refractivity contribution < 1.29 is 18.7 Å². The number of carbonyl (C=O) groups excluding carboxylic acids is 2. The largest absolute Gasteiger partial charge is 0.428 e. The minimum absolute atomic E-state index is 0.0636. The summed E-state index contributed by atoms with van der Waals surface area (Å²) in [4.78, 5) is 23.1. The molecule has 3 rings (SSSR count). The van der Waals surface area contributed by atoms with Gasteiger partial charge in [0.25, 0.3) is 12.4 Å². The Labute approximate surface area is 160 Å². The zero-order chi connectivity index (χ0) is 19.4. The third-order valence-electron chi connectivity index (χ3n) is 3.94. The van der Waals surface area contributed by atoms with E-state index in [1.807, 2.05) is 31.2 Å². The number of benzene rings is 3. The fourth-order valence-corrected chi connectivity index (χ4v) is 2.93. The van der Waals surface area contributed by atoms with E-state index in [1.165, 1.54) is 18.2 Å². The predicted octanol–water partition coefficient (Wildman–Crippen LogP) is 5.24. The van der Waals surface area contributed by atoms with Gasteiger partial charge in [0.05, 0.1) is 16.3 Å². The highest BCUT2D eigenvalue weighted by Crippen LogP contribution is 2.33. The number of hydrogen-bond acceptors (Lipinski definition) is 3. The highest BCUT2D eigenvalue weighted by atomic mass is 35.5. The molecule has 3 aromatic carbocycles. The monoisotopic (exact) mass is 383 g/mol. The Balaban J connectivity index is 1.92. The van der Waals surface area contributed by atoms with Gasteiger partial charge in [0.15, 0.2) is 0 Å². The molecular weight excluding hydrogens is 369 g/mol. The van der Waals surface area contributed by atoms with Crippen LogP contribution in [0, 0.1) is 12.7 Å². The number of ether oxygens (including phenoxy) is 1. The van der Waals surface area contributed by atoms with Gasteiger partial charge in [-0.3, -0.25) is 9.59 Å². The van der Waals surface area contributed by atoms with Crippen molar-refractivity contribution in [3.8, 4) is 16.9 Å². The Hall–Kier alpha value is -3.18. The van der Waals surface area contributed by atoms with E-state index in [1.54, 1.807) is 18.2 Å². The Morgan fingerprint density at radius 3 is 2.56 bits per heavy atom. The number of aryl methyl sites for hydroxylation is 1. The van der Waals surface area contributed by atoms with Crippen molar-refractivity contribution in [3.63, 3.8) is 0 Å². The third kappa shape index (κ3) is 4.15. The second kappa shape index (κ2) is 8.01. The first kappa shape index (κ1) is 18.6. The number of carbonyl (C=O) groups is 2. The van der Waals surface area contributed by atoms with Gasteiger partial charge >= 0.3 is 0 Å². The van der Waals surface area contributed by atoms with Gasteiger partial charge in [-0.2, -0.15) is 0 Å². The third-order valence-corrected chi connectivity index (χ3v) is 4.24. The molecule has 27 heavy (non-hydrogen) atoms. The van der Waals surface area contributed by atoms with Crippen LogP contribution in [0.5, 0.6) is 5.75 Å². The van der Waals surface area contributed by atoms with Crippen LogP contribution < -0.4 is 10.1 Å². The molecule has 0 fully saturated rings. The van der Waals surface area contributed by atoms with Crippen molar-refractivity contribution in [2.24, 2.45) is 0 Å². The van der Waals surface area contributed by atoms with E-state index < -0.39 is 11.7 Å². The Kier molecular flexibility index (Phi) is 5.52. The molecule has 0 atom stereocenters. The molecule has 1 N–H and O–H groups in total. The van der Waals surface area contributed by atoms with Crippen LogP contribution in [-0.2, 0) is 4.79 Å². The van der Waals surface area contributed by atoms with Crippen molar-refractivity contribution in [2.45, 2.75) is 6.92 Å². The molecule has 0 aliphatic heterocycles. The topological polar surface area (TPSA) is 55.4 Å². The second-order valence-electron chi connectivity index (χ2n) is 5.85. The molecule has 136 valence electrons. The van der Waals surface area contributed by atoms with Gasteiger partial charge < -0.3 is 10.1 Å².